The number of nitrogens with zero attached hydrogens (tertiary/aromatic N) is 2. The van der Waals surface area contributed by atoms with Crippen molar-refractivity contribution < 1.29 is 4.79 Å². The molecule has 1 amide bonds. The molecule has 2 atom stereocenters. The summed E-state index contributed by atoms with van der Waals surface area (Å²) in [5.74, 6) is 5.07. The van der Waals surface area contributed by atoms with Crippen LogP contribution in [0.25, 0.3) is 0 Å². The number of hydrogen-bond donors (Lipinski definition) is 2. The molecular weight excluding hydrogens is 272 g/mol. The molecule has 3 heterocycles. The van der Waals surface area contributed by atoms with Gasteiger partial charge in [-0.1, -0.05) is 0 Å². The number of amides is 1. The minimum atomic E-state index is -0.179. The lowest BCUT2D eigenvalue weighted by Gasteiger charge is -2.42. The molecule has 0 aromatic carbocycles. The van der Waals surface area contributed by atoms with E-state index in [4.69, 9.17) is 5.84 Å². The highest BCUT2D eigenvalue weighted by molar-refractivity contribution is 7.12. The molecular formula is C14H22N4OS. The second kappa shape index (κ2) is 5.81. The van der Waals surface area contributed by atoms with Crippen molar-refractivity contribution >= 4 is 17.2 Å². The van der Waals surface area contributed by atoms with Gasteiger partial charge in [-0.05, 0) is 43.3 Å². The van der Waals surface area contributed by atoms with Crippen molar-refractivity contribution in [3.8, 4) is 0 Å². The number of nitrogen functional groups attached to an aromatic ring is 1. The molecule has 1 aromatic heterocycles. The Labute approximate surface area is 123 Å². The summed E-state index contributed by atoms with van der Waals surface area (Å²) >= 11 is 1.46. The van der Waals surface area contributed by atoms with E-state index in [9.17, 15) is 4.79 Å². The fraction of sp³-hybridized carbons (Fsp3) is 0.643. The van der Waals surface area contributed by atoms with E-state index in [0.29, 0.717) is 12.1 Å². The molecule has 3 N–H and O–H groups in total. The normalized spacial score (nSPS) is 27.5. The number of hydrogen-bond acceptors (Lipinski definition) is 5. The Morgan fingerprint density at radius 3 is 3.20 bits per heavy atom. The fourth-order valence-electron chi connectivity index (χ4n) is 3.41. The molecule has 2 aliphatic heterocycles. The monoisotopic (exact) mass is 294 g/mol. The van der Waals surface area contributed by atoms with E-state index in [-0.39, 0.29) is 5.91 Å². The van der Waals surface area contributed by atoms with Gasteiger partial charge in [0.05, 0.1) is 4.88 Å². The fourth-order valence-corrected chi connectivity index (χ4v) is 4.23. The molecule has 20 heavy (non-hydrogen) atoms. The lowest BCUT2D eigenvalue weighted by molar-refractivity contribution is 0.0538. The van der Waals surface area contributed by atoms with Gasteiger partial charge < -0.3 is 0 Å². The molecule has 3 rings (SSSR count). The zero-order chi connectivity index (χ0) is 14.1. The van der Waals surface area contributed by atoms with Gasteiger partial charge >= 0.3 is 0 Å². The van der Waals surface area contributed by atoms with Crippen LogP contribution in [0.2, 0.25) is 0 Å². The zero-order valence-corrected chi connectivity index (χ0v) is 12.7. The smallest absolute Gasteiger partial charge is 0.275 e. The van der Waals surface area contributed by atoms with Crippen LogP contribution in [0.3, 0.4) is 0 Å². The van der Waals surface area contributed by atoms with E-state index in [0.717, 1.165) is 30.1 Å². The number of fused-ring (bicyclic) bond motifs is 1. The topological polar surface area (TPSA) is 61.6 Å². The number of rotatable bonds is 3. The lowest BCUT2D eigenvalue weighted by atomic mass is 10.1. The Balaban J connectivity index is 1.71. The summed E-state index contributed by atoms with van der Waals surface area (Å²) in [4.78, 5) is 17.6. The molecule has 2 saturated heterocycles. The van der Waals surface area contributed by atoms with Crippen molar-refractivity contribution in [2.45, 2.75) is 38.4 Å². The van der Waals surface area contributed by atoms with Crippen LogP contribution >= 0.6 is 11.3 Å². The average Bonchev–Trinajstić information content (AvgIpc) is 3.07. The van der Waals surface area contributed by atoms with Crippen LogP contribution in [0.15, 0.2) is 11.4 Å². The van der Waals surface area contributed by atoms with E-state index >= 15 is 0 Å². The summed E-state index contributed by atoms with van der Waals surface area (Å²) < 4.78 is 0. The van der Waals surface area contributed by atoms with Gasteiger partial charge in [-0.2, -0.15) is 0 Å². The van der Waals surface area contributed by atoms with Crippen LogP contribution in [-0.2, 0) is 6.54 Å². The Hall–Kier alpha value is -0.950. The van der Waals surface area contributed by atoms with Crippen molar-refractivity contribution in [3.63, 3.8) is 0 Å². The highest BCUT2D eigenvalue weighted by Gasteiger charge is 2.34. The van der Waals surface area contributed by atoms with Crippen molar-refractivity contribution in [1.29, 1.82) is 0 Å². The molecule has 6 heteroatoms. The third-order valence-electron chi connectivity index (χ3n) is 4.52. The van der Waals surface area contributed by atoms with E-state index in [1.54, 1.807) is 0 Å². The average molecular weight is 294 g/mol. The van der Waals surface area contributed by atoms with Gasteiger partial charge in [0.25, 0.3) is 5.91 Å². The maximum absolute atomic E-state index is 11.7. The summed E-state index contributed by atoms with van der Waals surface area (Å²) in [6.07, 6.45) is 2.63. The first-order valence-electron chi connectivity index (χ1n) is 7.24. The third kappa shape index (κ3) is 2.61. The number of piperazine rings is 1. The second-order valence-corrected chi connectivity index (χ2v) is 6.73. The van der Waals surface area contributed by atoms with Crippen LogP contribution in [0, 0.1) is 0 Å². The quantitative estimate of drug-likeness (QED) is 0.496. The van der Waals surface area contributed by atoms with Crippen molar-refractivity contribution in [3.05, 3.63) is 21.9 Å². The second-order valence-electron chi connectivity index (χ2n) is 5.82. The Morgan fingerprint density at radius 2 is 2.40 bits per heavy atom. The molecule has 110 valence electrons. The van der Waals surface area contributed by atoms with Crippen LogP contribution in [0.1, 0.15) is 35.0 Å². The van der Waals surface area contributed by atoms with Crippen molar-refractivity contribution in [1.82, 2.24) is 15.2 Å². The summed E-state index contributed by atoms with van der Waals surface area (Å²) in [7, 11) is 0. The van der Waals surface area contributed by atoms with Gasteiger partial charge in [0.15, 0.2) is 0 Å². The summed E-state index contributed by atoms with van der Waals surface area (Å²) in [6.45, 7) is 6.64. The van der Waals surface area contributed by atoms with Gasteiger partial charge in [-0.25, -0.2) is 5.84 Å². The minimum absolute atomic E-state index is 0.179. The third-order valence-corrected chi connectivity index (χ3v) is 5.48. The molecule has 0 spiro atoms. The number of carbonyl (C=O) groups is 1. The molecule has 5 nitrogen and oxygen atoms in total. The van der Waals surface area contributed by atoms with Crippen LogP contribution in [0.4, 0.5) is 0 Å². The van der Waals surface area contributed by atoms with E-state index in [1.807, 2.05) is 11.4 Å². The standard InChI is InChI=1S/C14H22N4OS/c1-10-7-17-5-2-3-12(17)9-18(10)8-11-4-6-20-13(11)14(19)16-15/h4,6,10,12H,2-3,5,7-9,15H2,1H3,(H,16,19). The SMILES string of the molecule is CC1CN2CCCC2CN1Cc1ccsc1C(=O)NN. The highest BCUT2D eigenvalue weighted by Crippen LogP contribution is 2.27. The molecule has 2 aliphatic rings. The first-order valence-corrected chi connectivity index (χ1v) is 8.12. The molecule has 0 saturated carbocycles. The Kier molecular flexibility index (Phi) is 4.07. The number of hydrazine groups is 1. The van der Waals surface area contributed by atoms with Crippen LogP contribution in [0.5, 0.6) is 0 Å². The number of nitrogens with one attached hydrogen (secondary N) is 1. The largest absolute Gasteiger partial charge is 0.298 e. The van der Waals surface area contributed by atoms with Gasteiger partial charge in [-0.3, -0.25) is 20.0 Å². The minimum Gasteiger partial charge on any atom is -0.298 e. The summed E-state index contributed by atoms with van der Waals surface area (Å²) in [6, 6.07) is 3.29. The number of carbonyl (C=O) groups excluding carboxylic acids is 1. The molecule has 2 unspecified atom stereocenters. The maximum atomic E-state index is 11.7. The molecule has 0 bridgehead atoms. The molecule has 1 aromatic rings. The van der Waals surface area contributed by atoms with Gasteiger partial charge in [0.1, 0.15) is 0 Å². The first kappa shape index (κ1) is 14.0. The number of nitrogens with two attached hydrogens (primary N) is 1. The number of thiophene rings is 1. The van der Waals surface area contributed by atoms with Gasteiger partial charge in [0.2, 0.25) is 0 Å². The first-order chi connectivity index (χ1) is 9.69. The molecule has 2 fully saturated rings. The molecule has 0 aliphatic carbocycles. The summed E-state index contributed by atoms with van der Waals surface area (Å²) in [5, 5.41) is 1.97. The van der Waals surface area contributed by atoms with E-state index in [1.165, 1.54) is 30.7 Å². The predicted octanol–water partition coefficient (Wildman–Crippen LogP) is 1.02. The Morgan fingerprint density at radius 1 is 1.55 bits per heavy atom. The van der Waals surface area contributed by atoms with Gasteiger partial charge in [-0.15, -0.1) is 11.3 Å². The maximum Gasteiger partial charge on any atom is 0.275 e. The summed E-state index contributed by atoms with van der Waals surface area (Å²) in [5.41, 5.74) is 3.33. The van der Waals surface area contributed by atoms with Crippen LogP contribution < -0.4 is 11.3 Å². The van der Waals surface area contributed by atoms with Crippen molar-refractivity contribution in [2.24, 2.45) is 5.84 Å². The Bertz CT molecular complexity index is 489. The van der Waals surface area contributed by atoms with Crippen LogP contribution in [-0.4, -0.2) is 47.4 Å². The van der Waals surface area contributed by atoms with Crippen molar-refractivity contribution in [2.75, 3.05) is 19.6 Å². The van der Waals surface area contributed by atoms with E-state index in [2.05, 4.69) is 22.1 Å². The lowest BCUT2D eigenvalue weighted by Crippen LogP contribution is -2.54. The van der Waals surface area contributed by atoms with Gasteiger partial charge in [0, 0.05) is 31.7 Å². The van der Waals surface area contributed by atoms with E-state index < -0.39 is 0 Å². The predicted molar refractivity (Wildman–Crippen MR) is 80.4 cm³/mol. The molecule has 0 radical (unpaired) electrons. The highest BCUT2D eigenvalue weighted by atomic mass is 32.1. The zero-order valence-electron chi connectivity index (χ0n) is 11.8.